The largest absolute Gasteiger partial charge is 0.480 e. The first-order valence-corrected chi connectivity index (χ1v) is 9.20. The molecular formula is C15H21NO3S2. The highest BCUT2D eigenvalue weighted by Gasteiger charge is 2.42. The average molecular weight is 327 g/mol. The van der Waals surface area contributed by atoms with E-state index in [0.717, 1.165) is 18.6 Å². The fourth-order valence-electron chi connectivity index (χ4n) is 2.85. The van der Waals surface area contributed by atoms with Crippen LogP contribution in [0, 0.1) is 5.92 Å². The molecule has 0 bridgehead atoms. The van der Waals surface area contributed by atoms with E-state index in [2.05, 4.69) is 12.2 Å². The summed E-state index contributed by atoms with van der Waals surface area (Å²) in [6, 6.07) is 4.03. The highest BCUT2D eigenvalue weighted by atomic mass is 32.2. The van der Waals surface area contributed by atoms with Crippen LogP contribution in [0.3, 0.4) is 0 Å². The van der Waals surface area contributed by atoms with Crippen molar-refractivity contribution in [3.05, 3.63) is 22.4 Å². The van der Waals surface area contributed by atoms with Gasteiger partial charge < -0.3 is 10.4 Å². The van der Waals surface area contributed by atoms with Gasteiger partial charge in [-0.15, -0.1) is 23.1 Å². The summed E-state index contributed by atoms with van der Waals surface area (Å²) in [6.07, 6.45) is 2.96. The van der Waals surface area contributed by atoms with Crippen LogP contribution in [-0.2, 0) is 15.3 Å². The molecule has 0 aromatic carbocycles. The van der Waals surface area contributed by atoms with Gasteiger partial charge in [0.05, 0.1) is 5.75 Å². The van der Waals surface area contributed by atoms with Gasteiger partial charge in [-0.05, 0) is 30.2 Å². The first-order chi connectivity index (χ1) is 10.0. The number of aliphatic carboxylic acids is 1. The van der Waals surface area contributed by atoms with Crippen LogP contribution in [0.15, 0.2) is 17.5 Å². The molecule has 1 fully saturated rings. The van der Waals surface area contributed by atoms with E-state index < -0.39 is 11.5 Å². The summed E-state index contributed by atoms with van der Waals surface area (Å²) in [5, 5.41) is 14.3. The lowest BCUT2D eigenvalue weighted by molar-refractivity contribution is -0.149. The van der Waals surface area contributed by atoms with Gasteiger partial charge in [-0.2, -0.15) is 0 Å². The second-order valence-corrected chi connectivity index (χ2v) is 7.73. The zero-order valence-corrected chi connectivity index (χ0v) is 13.8. The van der Waals surface area contributed by atoms with Crippen LogP contribution in [0.25, 0.3) is 0 Å². The lowest BCUT2D eigenvalue weighted by Crippen LogP contribution is -2.57. The van der Waals surface area contributed by atoms with Crippen molar-refractivity contribution in [3.63, 3.8) is 0 Å². The molecule has 4 nitrogen and oxygen atoms in total. The van der Waals surface area contributed by atoms with E-state index in [1.807, 2.05) is 17.5 Å². The number of rotatable bonds is 6. The minimum Gasteiger partial charge on any atom is -0.480 e. The summed E-state index contributed by atoms with van der Waals surface area (Å²) in [7, 11) is 0. The summed E-state index contributed by atoms with van der Waals surface area (Å²) >= 11 is 3.19. The van der Waals surface area contributed by atoms with E-state index in [0.29, 0.717) is 24.5 Å². The molecule has 1 saturated carbocycles. The summed E-state index contributed by atoms with van der Waals surface area (Å²) in [5.41, 5.74) is -1.06. The van der Waals surface area contributed by atoms with Gasteiger partial charge >= 0.3 is 5.97 Å². The van der Waals surface area contributed by atoms with Gasteiger partial charge in [-0.1, -0.05) is 25.8 Å². The Morgan fingerprint density at radius 1 is 1.57 bits per heavy atom. The van der Waals surface area contributed by atoms with Crippen LogP contribution in [0.4, 0.5) is 0 Å². The molecule has 1 aliphatic rings. The van der Waals surface area contributed by atoms with E-state index in [-0.39, 0.29) is 5.91 Å². The molecule has 2 atom stereocenters. The Morgan fingerprint density at radius 3 is 3.00 bits per heavy atom. The van der Waals surface area contributed by atoms with Gasteiger partial charge in [0, 0.05) is 10.6 Å². The topological polar surface area (TPSA) is 66.4 Å². The Morgan fingerprint density at radius 2 is 2.38 bits per heavy atom. The van der Waals surface area contributed by atoms with Gasteiger partial charge in [0.15, 0.2) is 0 Å². The van der Waals surface area contributed by atoms with Crippen LogP contribution in [-0.4, -0.2) is 28.3 Å². The second kappa shape index (κ2) is 7.31. The van der Waals surface area contributed by atoms with Gasteiger partial charge in [-0.25, -0.2) is 4.79 Å². The van der Waals surface area contributed by atoms with E-state index in [1.165, 1.54) is 16.6 Å². The molecule has 0 spiro atoms. The van der Waals surface area contributed by atoms with E-state index >= 15 is 0 Å². The Kier molecular flexibility index (Phi) is 5.70. The van der Waals surface area contributed by atoms with Gasteiger partial charge in [0.1, 0.15) is 5.54 Å². The molecule has 21 heavy (non-hydrogen) atoms. The first-order valence-electron chi connectivity index (χ1n) is 7.16. The molecule has 1 aromatic heterocycles. The number of thiophene rings is 1. The predicted octanol–water partition coefficient (Wildman–Crippen LogP) is 3.13. The van der Waals surface area contributed by atoms with Crippen LogP contribution in [0.1, 0.15) is 37.5 Å². The van der Waals surface area contributed by atoms with Crippen molar-refractivity contribution >= 4 is 35.0 Å². The standard InChI is InChI=1S/C15H21NO3S2/c1-11-4-2-6-15(8-11,14(18)19)16-13(17)10-20-9-12-5-3-7-21-12/h3,5,7,11H,2,4,6,8-10H2,1H3,(H,16,17)(H,18,19). The molecule has 0 radical (unpaired) electrons. The summed E-state index contributed by atoms with van der Waals surface area (Å²) in [5.74, 6) is 0.371. The number of nitrogens with one attached hydrogen (secondary N) is 1. The number of carboxylic acid groups (broad SMARTS) is 1. The van der Waals surface area contributed by atoms with Crippen molar-refractivity contribution < 1.29 is 14.7 Å². The van der Waals surface area contributed by atoms with Crippen molar-refractivity contribution in [1.29, 1.82) is 0 Å². The van der Waals surface area contributed by atoms with Crippen LogP contribution >= 0.6 is 23.1 Å². The highest BCUT2D eigenvalue weighted by Crippen LogP contribution is 2.32. The van der Waals surface area contributed by atoms with E-state index in [1.54, 1.807) is 11.3 Å². The third kappa shape index (κ3) is 4.48. The molecule has 2 rings (SSSR count). The third-order valence-electron chi connectivity index (χ3n) is 3.84. The Bertz CT molecular complexity index is 489. The molecule has 1 aromatic rings. The molecule has 2 N–H and O–H groups in total. The van der Waals surface area contributed by atoms with Crippen molar-refractivity contribution in [2.45, 2.75) is 43.9 Å². The maximum Gasteiger partial charge on any atom is 0.329 e. The fraction of sp³-hybridized carbons (Fsp3) is 0.600. The zero-order chi connectivity index (χ0) is 15.3. The minimum atomic E-state index is -1.06. The van der Waals surface area contributed by atoms with Crippen LogP contribution in [0.2, 0.25) is 0 Å². The number of amides is 1. The Labute approximate surface area is 133 Å². The number of carbonyl (C=O) groups is 2. The van der Waals surface area contributed by atoms with Crippen molar-refractivity contribution in [1.82, 2.24) is 5.32 Å². The number of thioether (sulfide) groups is 1. The van der Waals surface area contributed by atoms with Crippen molar-refractivity contribution in [3.8, 4) is 0 Å². The van der Waals surface area contributed by atoms with E-state index in [4.69, 9.17) is 0 Å². The van der Waals surface area contributed by atoms with Gasteiger partial charge in [0.25, 0.3) is 0 Å². The molecule has 1 aliphatic carbocycles. The first kappa shape index (κ1) is 16.4. The summed E-state index contributed by atoms with van der Waals surface area (Å²) < 4.78 is 0. The fourth-order valence-corrected chi connectivity index (χ4v) is 4.52. The maximum atomic E-state index is 12.1. The summed E-state index contributed by atoms with van der Waals surface area (Å²) in [4.78, 5) is 24.9. The molecule has 6 heteroatoms. The third-order valence-corrected chi connectivity index (χ3v) is 5.88. The molecule has 2 unspecified atom stereocenters. The maximum absolute atomic E-state index is 12.1. The lowest BCUT2D eigenvalue weighted by atomic mass is 9.76. The molecule has 1 heterocycles. The number of hydrogen-bond donors (Lipinski definition) is 2. The lowest BCUT2D eigenvalue weighted by Gasteiger charge is -2.37. The van der Waals surface area contributed by atoms with Crippen molar-refractivity contribution in [2.24, 2.45) is 5.92 Å². The number of hydrogen-bond acceptors (Lipinski definition) is 4. The van der Waals surface area contributed by atoms with Gasteiger partial charge in [-0.3, -0.25) is 4.79 Å². The minimum absolute atomic E-state index is 0.173. The number of carboxylic acids is 1. The predicted molar refractivity (Wildman–Crippen MR) is 86.6 cm³/mol. The monoisotopic (exact) mass is 327 g/mol. The average Bonchev–Trinajstić information content (AvgIpc) is 2.91. The Balaban J connectivity index is 1.85. The molecule has 0 aliphatic heterocycles. The van der Waals surface area contributed by atoms with Crippen molar-refractivity contribution in [2.75, 3.05) is 5.75 Å². The number of carbonyl (C=O) groups excluding carboxylic acids is 1. The second-order valence-electron chi connectivity index (χ2n) is 5.71. The van der Waals surface area contributed by atoms with Gasteiger partial charge in [0.2, 0.25) is 5.91 Å². The zero-order valence-electron chi connectivity index (χ0n) is 12.1. The Hall–Kier alpha value is -1.01. The molecular weight excluding hydrogens is 306 g/mol. The molecule has 0 saturated heterocycles. The molecule has 1 amide bonds. The highest BCUT2D eigenvalue weighted by molar-refractivity contribution is 7.99. The SMILES string of the molecule is CC1CCCC(NC(=O)CSCc2cccs2)(C(=O)O)C1. The quantitative estimate of drug-likeness (QED) is 0.842. The summed E-state index contributed by atoms with van der Waals surface area (Å²) in [6.45, 7) is 2.05. The smallest absolute Gasteiger partial charge is 0.329 e. The van der Waals surface area contributed by atoms with Crippen LogP contribution < -0.4 is 5.32 Å². The normalized spacial score (nSPS) is 25.5. The van der Waals surface area contributed by atoms with E-state index in [9.17, 15) is 14.7 Å². The molecule has 116 valence electrons. The van der Waals surface area contributed by atoms with Crippen LogP contribution in [0.5, 0.6) is 0 Å².